The predicted octanol–water partition coefficient (Wildman–Crippen LogP) is 4.39. The molecule has 0 saturated heterocycles. The number of aromatic amines is 1. The number of fused-ring (bicyclic) bond motifs is 2. The maximum absolute atomic E-state index is 5.47. The molecule has 0 aliphatic carbocycles. The second-order valence-corrected chi connectivity index (χ2v) is 5.96. The van der Waals surface area contributed by atoms with E-state index in [1.54, 1.807) is 18.6 Å². The van der Waals surface area contributed by atoms with Crippen LogP contribution in [0.4, 0.5) is 0 Å². The van der Waals surface area contributed by atoms with Crippen molar-refractivity contribution in [1.82, 2.24) is 19.5 Å². The van der Waals surface area contributed by atoms with E-state index in [2.05, 4.69) is 30.9 Å². The van der Waals surface area contributed by atoms with Gasteiger partial charge in [0.25, 0.3) is 0 Å². The number of rotatable bonds is 1. The fraction of sp³-hybridized carbons (Fsp3) is 0. The van der Waals surface area contributed by atoms with E-state index in [1.807, 2.05) is 34.9 Å². The van der Waals surface area contributed by atoms with Gasteiger partial charge in [-0.2, -0.15) is 0 Å². The van der Waals surface area contributed by atoms with Gasteiger partial charge in [-0.05, 0) is 46.3 Å². The Morgan fingerprint density at radius 3 is 3.00 bits per heavy atom. The molecule has 1 N–H and O–H groups in total. The molecule has 0 atom stereocenters. The van der Waals surface area contributed by atoms with Gasteiger partial charge in [0.1, 0.15) is 0 Å². The Bertz CT molecular complexity index is 1030. The molecule has 102 valence electrons. The lowest BCUT2D eigenvalue weighted by atomic mass is 10.2. The number of pyridine rings is 2. The summed E-state index contributed by atoms with van der Waals surface area (Å²) < 4.78 is 3.59. The molecule has 0 spiro atoms. The van der Waals surface area contributed by atoms with Crippen LogP contribution in [-0.2, 0) is 0 Å². The Kier molecular flexibility index (Phi) is 2.87. The van der Waals surface area contributed by atoms with Crippen LogP contribution in [0.5, 0.6) is 0 Å². The zero-order chi connectivity index (χ0) is 14.4. The van der Waals surface area contributed by atoms with Crippen molar-refractivity contribution < 1.29 is 0 Å². The summed E-state index contributed by atoms with van der Waals surface area (Å²) in [5.74, 6) is 0. The van der Waals surface area contributed by atoms with Crippen LogP contribution in [0.2, 0.25) is 0 Å². The smallest absolute Gasteiger partial charge is 0.182 e. The lowest BCUT2D eigenvalue weighted by molar-refractivity contribution is 1.07. The lowest BCUT2D eigenvalue weighted by Crippen LogP contribution is -1.96. The highest BCUT2D eigenvalue weighted by Gasteiger charge is 2.10. The van der Waals surface area contributed by atoms with Gasteiger partial charge in [0.2, 0.25) is 0 Å². The van der Waals surface area contributed by atoms with E-state index in [-0.39, 0.29) is 0 Å². The minimum atomic E-state index is 0.634. The summed E-state index contributed by atoms with van der Waals surface area (Å²) in [6.07, 6.45) is 5.33. The Morgan fingerprint density at radius 1 is 1.19 bits per heavy atom. The zero-order valence-corrected chi connectivity index (χ0v) is 13.1. The second-order valence-electron chi connectivity index (χ2n) is 4.66. The Balaban J connectivity index is 2.14. The summed E-state index contributed by atoms with van der Waals surface area (Å²) >= 11 is 8.92. The van der Waals surface area contributed by atoms with E-state index in [4.69, 9.17) is 12.2 Å². The summed E-state index contributed by atoms with van der Waals surface area (Å²) in [7, 11) is 0. The van der Waals surface area contributed by atoms with Crippen molar-refractivity contribution >= 4 is 50.1 Å². The Hall–Kier alpha value is -2.05. The van der Waals surface area contributed by atoms with Crippen LogP contribution in [0.15, 0.2) is 53.4 Å². The van der Waals surface area contributed by atoms with Gasteiger partial charge in [-0.1, -0.05) is 12.1 Å². The molecule has 0 bridgehead atoms. The van der Waals surface area contributed by atoms with E-state index >= 15 is 0 Å². The quantitative estimate of drug-likeness (QED) is 0.514. The molecule has 0 saturated carbocycles. The highest BCUT2D eigenvalue weighted by atomic mass is 79.9. The number of hydrogen-bond acceptors (Lipinski definition) is 3. The number of hydrogen-bond donors (Lipinski definition) is 1. The zero-order valence-electron chi connectivity index (χ0n) is 10.7. The van der Waals surface area contributed by atoms with E-state index in [0.29, 0.717) is 4.77 Å². The standard InChI is InChI=1S/C15H9BrN4S/c16-10-6-9-2-1-3-13(14(9)18-7-10)20-12-4-5-17-8-11(12)19-15(20)21/h1-8H,(H,19,21). The number of nitrogens with zero attached hydrogens (tertiary/aromatic N) is 3. The maximum atomic E-state index is 5.47. The fourth-order valence-corrected chi connectivity index (χ4v) is 3.15. The first kappa shape index (κ1) is 12.7. The van der Waals surface area contributed by atoms with Gasteiger partial charge in [-0.15, -0.1) is 0 Å². The van der Waals surface area contributed by atoms with Crippen molar-refractivity contribution in [1.29, 1.82) is 0 Å². The van der Waals surface area contributed by atoms with Crippen molar-refractivity contribution in [2.24, 2.45) is 0 Å². The third kappa shape index (κ3) is 1.99. The average Bonchev–Trinajstić information content (AvgIpc) is 2.82. The molecule has 0 radical (unpaired) electrons. The van der Waals surface area contributed by atoms with Crippen LogP contribution in [0.3, 0.4) is 0 Å². The molecular formula is C15H9BrN4S. The molecule has 0 amide bonds. The Labute approximate surface area is 133 Å². The van der Waals surface area contributed by atoms with E-state index < -0.39 is 0 Å². The number of H-pyrrole nitrogens is 1. The van der Waals surface area contributed by atoms with Gasteiger partial charge in [-0.25, -0.2) is 0 Å². The van der Waals surface area contributed by atoms with E-state index in [1.165, 1.54) is 0 Å². The van der Waals surface area contributed by atoms with Crippen LogP contribution < -0.4 is 0 Å². The molecule has 3 heterocycles. The molecule has 6 heteroatoms. The minimum absolute atomic E-state index is 0.634. The van der Waals surface area contributed by atoms with Crippen molar-refractivity contribution in [2.75, 3.05) is 0 Å². The van der Waals surface area contributed by atoms with Gasteiger partial charge in [0.05, 0.1) is 28.4 Å². The summed E-state index contributed by atoms with van der Waals surface area (Å²) in [5, 5.41) is 1.06. The number of imidazole rings is 1. The number of halogens is 1. The van der Waals surface area contributed by atoms with Crippen LogP contribution in [0.25, 0.3) is 27.6 Å². The molecular weight excluding hydrogens is 348 g/mol. The summed E-state index contributed by atoms with van der Waals surface area (Å²) in [6.45, 7) is 0. The third-order valence-corrected chi connectivity index (χ3v) is 4.10. The molecule has 3 aromatic heterocycles. The average molecular weight is 357 g/mol. The van der Waals surface area contributed by atoms with Gasteiger partial charge >= 0.3 is 0 Å². The number of benzene rings is 1. The van der Waals surface area contributed by atoms with Gasteiger partial charge in [0.15, 0.2) is 4.77 Å². The van der Waals surface area contributed by atoms with Crippen molar-refractivity contribution in [3.05, 3.63) is 58.2 Å². The highest BCUT2D eigenvalue weighted by Crippen LogP contribution is 2.26. The number of para-hydroxylation sites is 1. The Morgan fingerprint density at radius 2 is 2.10 bits per heavy atom. The molecule has 0 unspecified atom stereocenters. The first-order valence-corrected chi connectivity index (χ1v) is 7.53. The minimum Gasteiger partial charge on any atom is -0.329 e. The highest BCUT2D eigenvalue weighted by molar-refractivity contribution is 9.10. The lowest BCUT2D eigenvalue weighted by Gasteiger charge is -2.08. The van der Waals surface area contributed by atoms with E-state index in [0.717, 1.165) is 32.1 Å². The third-order valence-electron chi connectivity index (χ3n) is 3.38. The molecule has 21 heavy (non-hydrogen) atoms. The predicted molar refractivity (Wildman–Crippen MR) is 89.3 cm³/mol. The molecule has 0 fully saturated rings. The summed E-state index contributed by atoms with van der Waals surface area (Å²) in [4.78, 5) is 11.8. The first-order chi connectivity index (χ1) is 10.2. The number of nitrogens with one attached hydrogen (secondary N) is 1. The van der Waals surface area contributed by atoms with Crippen LogP contribution in [0, 0.1) is 4.77 Å². The molecule has 4 rings (SSSR count). The normalized spacial score (nSPS) is 11.3. The molecule has 4 aromatic rings. The topological polar surface area (TPSA) is 46.5 Å². The second kappa shape index (κ2) is 4.75. The van der Waals surface area contributed by atoms with Gasteiger partial charge in [-0.3, -0.25) is 14.5 Å². The molecule has 1 aromatic carbocycles. The van der Waals surface area contributed by atoms with Gasteiger partial charge in [0, 0.05) is 22.3 Å². The van der Waals surface area contributed by atoms with Crippen LogP contribution >= 0.6 is 28.1 Å². The fourth-order valence-electron chi connectivity index (χ4n) is 2.50. The van der Waals surface area contributed by atoms with Crippen molar-refractivity contribution in [3.63, 3.8) is 0 Å². The molecule has 0 aliphatic heterocycles. The van der Waals surface area contributed by atoms with Gasteiger partial charge < -0.3 is 4.98 Å². The maximum Gasteiger partial charge on any atom is 0.182 e. The summed E-state index contributed by atoms with van der Waals surface area (Å²) in [6, 6.07) is 10.1. The van der Waals surface area contributed by atoms with Crippen molar-refractivity contribution in [3.8, 4) is 5.69 Å². The number of aromatic nitrogens is 4. The molecule has 4 nitrogen and oxygen atoms in total. The largest absolute Gasteiger partial charge is 0.329 e. The van der Waals surface area contributed by atoms with E-state index in [9.17, 15) is 0 Å². The molecule has 0 aliphatic rings. The van der Waals surface area contributed by atoms with Crippen molar-refractivity contribution in [2.45, 2.75) is 0 Å². The van der Waals surface area contributed by atoms with Crippen LogP contribution in [0.1, 0.15) is 0 Å². The first-order valence-electron chi connectivity index (χ1n) is 6.33. The monoisotopic (exact) mass is 356 g/mol. The summed E-state index contributed by atoms with van der Waals surface area (Å²) in [5.41, 5.74) is 3.78. The SMILES string of the molecule is S=c1[nH]c2cnccc2n1-c1cccc2cc(Br)cnc12. The van der Waals surface area contributed by atoms with Crippen LogP contribution in [-0.4, -0.2) is 19.5 Å².